The third-order valence-corrected chi connectivity index (χ3v) is 3.07. The van der Waals surface area contributed by atoms with Crippen molar-refractivity contribution < 1.29 is 4.79 Å². The fraction of sp³-hybridized carbons (Fsp3) is 0.333. The maximum absolute atomic E-state index is 12.2. The zero-order chi connectivity index (χ0) is 16.2. The minimum absolute atomic E-state index is 0.112. The van der Waals surface area contributed by atoms with Crippen LogP contribution in [0.4, 0.5) is 5.69 Å². The number of carbonyl (C=O) groups is 1. The maximum atomic E-state index is 12.2. The van der Waals surface area contributed by atoms with Gasteiger partial charge >= 0.3 is 0 Å². The number of aryl methyl sites for hydroxylation is 1. The van der Waals surface area contributed by atoms with Gasteiger partial charge in [-0.15, -0.1) is 0 Å². The number of carbonyl (C=O) groups excluding carboxylic acids is 1. The number of benzene rings is 1. The van der Waals surface area contributed by atoms with E-state index in [9.17, 15) is 4.79 Å². The van der Waals surface area contributed by atoms with Gasteiger partial charge in [-0.3, -0.25) is 9.78 Å². The molecular formula is C18H23N3O. The van der Waals surface area contributed by atoms with Crippen LogP contribution in [0.25, 0.3) is 0 Å². The van der Waals surface area contributed by atoms with Crippen LogP contribution < -0.4 is 10.6 Å². The molecular weight excluding hydrogens is 274 g/mol. The molecule has 0 spiro atoms. The van der Waals surface area contributed by atoms with Crippen LogP contribution in [0.2, 0.25) is 0 Å². The molecule has 1 amide bonds. The summed E-state index contributed by atoms with van der Waals surface area (Å²) < 4.78 is 0. The first-order chi connectivity index (χ1) is 10.3. The van der Waals surface area contributed by atoms with Crippen LogP contribution in [0.15, 0.2) is 42.7 Å². The molecule has 0 bridgehead atoms. The molecule has 116 valence electrons. The van der Waals surface area contributed by atoms with E-state index < -0.39 is 0 Å². The quantitative estimate of drug-likeness (QED) is 0.907. The Kier molecular flexibility index (Phi) is 4.81. The second kappa shape index (κ2) is 6.60. The second-order valence-corrected chi connectivity index (χ2v) is 6.51. The Labute approximate surface area is 132 Å². The number of nitrogens with zero attached hydrogens (tertiary/aromatic N) is 1. The minimum Gasteiger partial charge on any atom is -0.380 e. The molecule has 0 aliphatic heterocycles. The van der Waals surface area contributed by atoms with E-state index in [-0.39, 0.29) is 11.4 Å². The lowest BCUT2D eigenvalue weighted by molar-refractivity contribution is 0.0919. The lowest BCUT2D eigenvalue weighted by Gasteiger charge is -2.20. The van der Waals surface area contributed by atoms with E-state index in [2.05, 4.69) is 40.7 Å². The van der Waals surface area contributed by atoms with Crippen molar-refractivity contribution in [2.24, 2.45) is 0 Å². The maximum Gasteiger partial charge on any atom is 0.253 e. The first-order valence-corrected chi connectivity index (χ1v) is 7.40. The number of amides is 1. The third-order valence-electron chi connectivity index (χ3n) is 3.07. The van der Waals surface area contributed by atoms with Crippen LogP contribution in [-0.2, 0) is 6.54 Å². The highest BCUT2D eigenvalue weighted by atomic mass is 16.1. The van der Waals surface area contributed by atoms with Crippen LogP contribution in [0.1, 0.15) is 42.3 Å². The van der Waals surface area contributed by atoms with Gasteiger partial charge in [0.25, 0.3) is 5.91 Å². The van der Waals surface area contributed by atoms with Gasteiger partial charge in [0, 0.05) is 24.5 Å². The van der Waals surface area contributed by atoms with E-state index in [1.54, 1.807) is 12.4 Å². The number of hydrogen-bond acceptors (Lipinski definition) is 3. The molecule has 4 nitrogen and oxygen atoms in total. The van der Waals surface area contributed by atoms with Gasteiger partial charge in [-0.05, 0) is 39.3 Å². The van der Waals surface area contributed by atoms with E-state index in [1.165, 1.54) is 11.1 Å². The normalized spacial score (nSPS) is 11.1. The highest BCUT2D eigenvalue weighted by molar-refractivity contribution is 5.95. The van der Waals surface area contributed by atoms with Crippen molar-refractivity contribution >= 4 is 11.6 Å². The summed E-state index contributed by atoms with van der Waals surface area (Å²) in [5, 5.41) is 6.24. The molecule has 0 saturated carbocycles. The Morgan fingerprint density at radius 2 is 1.95 bits per heavy atom. The fourth-order valence-electron chi connectivity index (χ4n) is 2.10. The molecule has 1 heterocycles. The molecule has 2 N–H and O–H groups in total. The zero-order valence-electron chi connectivity index (χ0n) is 13.6. The summed E-state index contributed by atoms with van der Waals surface area (Å²) in [4.78, 5) is 16.3. The van der Waals surface area contributed by atoms with Crippen LogP contribution in [0.5, 0.6) is 0 Å². The van der Waals surface area contributed by atoms with Crippen molar-refractivity contribution in [1.82, 2.24) is 10.3 Å². The topological polar surface area (TPSA) is 54.0 Å². The molecule has 2 aromatic rings. The van der Waals surface area contributed by atoms with Gasteiger partial charge in [0.05, 0.1) is 11.3 Å². The lowest BCUT2D eigenvalue weighted by Crippen LogP contribution is -2.40. The standard InChI is InChI=1S/C18H23N3O/c1-13-6-5-7-14(8-13)10-20-16-9-15(11-19-12-16)17(22)21-18(2,3)4/h5-9,11-12,20H,10H2,1-4H3,(H,21,22). The zero-order valence-corrected chi connectivity index (χ0v) is 13.6. The minimum atomic E-state index is -0.262. The summed E-state index contributed by atoms with van der Waals surface area (Å²) in [6.07, 6.45) is 3.31. The van der Waals surface area contributed by atoms with Gasteiger partial charge in [0.1, 0.15) is 0 Å². The number of rotatable bonds is 4. The molecule has 1 aromatic carbocycles. The summed E-state index contributed by atoms with van der Waals surface area (Å²) in [6.45, 7) is 8.64. The van der Waals surface area contributed by atoms with Crippen molar-refractivity contribution in [1.29, 1.82) is 0 Å². The van der Waals surface area contributed by atoms with Gasteiger partial charge in [-0.2, -0.15) is 0 Å². The molecule has 0 atom stereocenters. The summed E-state index contributed by atoms with van der Waals surface area (Å²) in [6, 6.07) is 10.1. The largest absolute Gasteiger partial charge is 0.380 e. The van der Waals surface area contributed by atoms with Crippen LogP contribution in [0, 0.1) is 6.92 Å². The van der Waals surface area contributed by atoms with Crippen LogP contribution in [0.3, 0.4) is 0 Å². The second-order valence-electron chi connectivity index (χ2n) is 6.51. The van der Waals surface area contributed by atoms with Crippen LogP contribution >= 0.6 is 0 Å². The number of aromatic nitrogens is 1. The van der Waals surface area contributed by atoms with E-state index in [0.717, 1.165) is 5.69 Å². The van der Waals surface area contributed by atoms with Gasteiger partial charge in [0.15, 0.2) is 0 Å². The van der Waals surface area contributed by atoms with Crippen molar-refractivity contribution in [3.05, 3.63) is 59.4 Å². The predicted molar refractivity (Wildman–Crippen MR) is 90.0 cm³/mol. The predicted octanol–water partition coefficient (Wildman–Crippen LogP) is 3.53. The molecule has 0 radical (unpaired) electrons. The summed E-state index contributed by atoms with van der Waals surface area (Å²) in [5.74, 6) is -0.112. The third kappa shape index (κ3) is 4.88. The smallest absolute Gasteiger partial charge is 0.253 e. The van der Waals surface area contributed by atoms with Crippen molar-refractivity contribution in [3.8, 4) is 0 Å². The van der Waals surface area contributed by atoms with Crippen molar-refractivity contribution in [3.63, 3.8) is 0 Å². The SMILES string of the molecule is Cc1cccc(CNc2cncc(C(=O)NC(C)(C)C)c2)c1. The number of nitrogens with one attached hydrogen (secondary N) is 2. The molecule has 1 aromatic heterocycles. The summed E-state index contributed by atoms with van der Waals surface area (Å²) >= 11 is 0. The molecule has 22 heavy (non-hydrogen) atoms. The monoisotopic (exact) mass is 297 g/mol. The Hall–Kier alpha value is -2.36. The fourth-order valence-corrected chi connectivity index (χ4v) is 2.10. The summed E-state index contributed by atoms with van der Waals surface area (Å²) in [7, 11) is 0. The first kappa shape index (κ1) is 16.0. The molecule has 0 aliphatic carbocycles. The lowest BCUT2D eigenvalue weighted by atomic mass is 10.1. The van der Waals surface area contributed by atoms with Crippen molar-refractivity contribution in [2.45, 2.75) is 39.8 Å². The van der Waals surface area contributed by atoms with Crippen LogP contribution in [-0.4, -0.2) is 16.4 Å². The van der Waals surface area contributed by atoms with Crippen molar-refractivity contribution in [2.75, 3.05) is 5.32 Å². The van der Waals surface area contributed by atoms with Gasteiger partial charge in [0.2, 0.25) is 0 Å². The molecule has 0 fully saturated rings. The van der Waals surface area contributed by atoms with E-state index in [1.807, 2.05) is 32.9 Å². The molecule has 0 aliphatic rings. The highest BCUT2D eigenvalue weighted by Crippen LogP contribution is 2.12. The number of anilines is 1. The van der Waals surface area contributed by atoms with Gasteiger partial charge in [-0.1, -0.05) is 29.8 Å². The molecule has 0 unspecified atom stereocenters. The number of pyridine rings is 1. The Morgan fingerprint density at radius 3 is 2.64 bits per heavy atom. The average Bonchev–Trinajstić information content (AvgIpc) is 2.44. The molecule has 0 saturated heterocycles. The first-order valence-electron chi connectivity index (χ1n) is 7.40. The average molecular weight is 297 g/mol. The Bertz CT molecular complexity index is 659. The molecule has 2 rings (SSSR count). The van der Waals surface area contributed by atoms with Gasteiger partial charge < -0.3 is 10.6 Å². The van der Waals surface area contributed by atoms with E-state index >= 15 is 0 Å². The Morgan fingerprint density at radius 1 is 1.18 bits per heavy atom. The number of hydrogen-bond donors (Lipinski definition) is 2. The Balaban J connectivity index is 2.04. The molecule has 4 heteroatoms. The van der Waals surface area contributed by atoms with E-state index in [4.69, 9.17) is 0 Å². The highest BCUT2D eigenvalue weighted by Gasteiger charge is 2.15. The summed E-state index contributed by atoms with van der Waals surface area (Å²) in [5.41, 5.74) is 3.56. The van der Waals surface area contributed by atoms with Gasteiger partial charge in [-0.25, -0.2) is 0 Å². The van der Waals surface area contributed by atoms with E-state index in [0.29, 0.717) is 12.1 Å².